The number of amides is 1. The number of nitrogens with zero attached hydrogens (tertiary/aromatic N) is 4. The van der Waals surface area contributed by atoms with Gasteiger partial charge in [0.25, 0.3) is 5.91 Å². The van der Waals surface area contributed by atoms with Crippen LogP contribution in [0, 0.1) is 0 Å². The molecule has 6 nitrogen and oxygen atoms in total. The van der Waals surface area contributed by atoms with Gasteiger partial charge in [-0.2, -0.15) is 0 Å². The summed E-state index contributed by atoms with van der Waals surface area (Å²) < 4.78 is 0. The second-order valence-electron chi connectivity index (χ2n) is 7.52. The molecule has 1 aromatic rings. The zero-order valence-corrected chi connectivity index (χ0v) is 15.9. The first-order chi connectivity index (χ1) is 12.7. The fourth-order valence-electron chi connectivity index (χ4n) is 4.14. The molecule has 3 rings (SSSR count). The molecule has 0 radical (unpaired) electrons. The van der Waals surface area contributed by atoms with E-state index in [9.17, 15) is 4.79 Å². The molecular weight excluding hydrogens is 328 g/mol. The number of aliphatic hydroxyl groups is 1. The van der Waals surface area contributed by atoms with E-state index >= 15 is 0 Å². The molecule has 0 atom stereocenters. The van der Waals surface area contributed by atoms with Crippen molar-refractivity contribution in [3.63, 3.8) is 0 Å². The lowest BCUT2D eigenvalue weighted by molar-refractivity contribution is 0.0754. The summed E-state index contributed by atoms with van der Waals surface area (Å²) in [6.45, 7) is 4.35. The molecule has 0 spiro atoms. The number of hydrogen-bond acceptors (Lipinski definition) is 5. The smallest absolute Gasteiger partial charge is 0.255 e. The van der Waals surface area contributed by atoms with Crippen molar-refractivity contribution >= 4 is 11.7 Å². The van der Waals surface area contributed by atoms with Gasteiger partial charge in [0.15, 0.2) is 0 Å². The lowest BCUT2D eigenvalue weighted by atomic mass is 9.94. The number of anilines is 1. The van der Waals surface area contributed by atoms with Crippen molar-refractivity contribution in [2.24, 2.45) is 0 Å². The molecule has 144 valence electrons. The minimum Gasteiger partial charge on any atom is -0.395 e. The largest absolute Gasteiger partial charge is 0.395 e. The van der Waals surface area contributed by atoms with Crippen LogP contribution in [0.5, 0.6) is 0 Å². The van der Waals surface area contributed by atoms with Crippen LogP contribution in [-0.2, 0) is 0 Å². The zero-order chi connectivity index (χ0) is 18.4. The van der Waals surface area contributed by atoms with Crippen LogP contribution >= 0.6 is 0 Å². The molecule has 0 aromatic carbocycles. The molecule has 1 saturated heterocycles. The molecule has 1 aromatic heterocycles. The SMILES string of the molecule is CN(CCO)c1ccc(C(=O)N2CCCN(C3CCCCC3)CC2)cn1. The number of hydrogen-bond donors (Lipinski definition) is 1. The molecule has 0 unspecified atom stereocenters. The van der Waals surface area contributed by atoms with Gasteiger partial charge >= 0.3 is 0 Å². The highest BCUT2D eigenvalue weighted by Gasteiger charge is 2.25. The summed E-state index contributed by atoms with van der Waals surface area (Å²) in [4.78, 5) is 23.7. The minimum absolute atomic E-state index is 0.0827. The molecule has 6 heteroatoms. The summed E-state index contributed by atoms with van der Waals surface area (Å²) in [5.41, 5.74) is 0.650. The van der Waals surface area contributed by atoms with Crippen LogP contribution in [0.25, 0.3) is 0 Å². The van der Waals surface area contributed by atoms with E-state index in [4.69, 9.17) is 5.11 Å². The van der Waals surface area contributed by atoms with Crippen molar-refractivity contribution in [2.75, 3.05) is 51.3 Å². The first-order valence-electron chi connectivity index (χ1n) is 10.0. The van der Waals surface area contributed by atoms with Gasteiger partial charge in [0.05, 0.1) is 12.2 Å². The first-order valence-corrected chi connectivity index (χ1v) is 10.0. The Kier molecular flexibility index (Phi) is 6.86. The maximum atomic E-state index is 12.9. The average molecular weight is 361 g/mol. The van der Waals surface area contributed by atoms with E-state index in [2.05, 4.69) is 9.88 Å². The van der Waals surface area contributed by atoms with Gasteiger partial charge in [-0.25, -0.2) is 4.98 Å². The topological polar surface area (TPSA) is 59.9 Å². The summed E-state index contributed by atoms with van der Waals surface area (Å²) in [7, 11) is 1.88. The van der Waals surface area contributed by atoms with Crippen LogP contribution in [-0.4, -0.2) is 78.2 Å². The summed E-state index contributed by atoms with van der Waals surface area (Å²) in [5.74, 6) is 0.856. The first kappa shape index (κ1) is 19.1. The van der Waals surface area contributed by atoms with Crippen LogP contribution in [0.3, 0.4) is 0 Å². The van der Waals surface area contributed by atoms with Gasteiger partial charge in [0.1, 0.15) is 5.82 Å². The van der Waals surface area contributed by atoms with Gasteiger partial charge < -0.3 is 14.9 Å². The van der Waals surface area contributed by atoms with Gasteiger partial charge in [0, 0.05) is 52.0 Å². The Labute approximate surface area is 156 Å². The van der Waals surface area contributed by atoms with Crippen molar-refractivity contribution in [1.29, 1.82) is 0 Å². The molecule has 2 aliphatic rings. The summed E-state index contributed by atoms with van der Waals surface area (Å²) in [5, 5.41) is 9.02. The van der Waals surface area contributed by atoms with Gasteiger partial charge in [-0.05, 0) is 31.4 Å². The Morgan fingerprint density at radius 3 is 2.65 bits per heavy atom. The Bertz CT molecular complexity index is 572. The van der Waals surface area contributed by atoms with Gasteiger partial charge in [-0.15, -0.1) is 0 Å². The van der Waals surface area contributed by atoms with Gasteiger partial charge in [-0.1, -0.05) is 19.3 Å². The molecule has 2 heterocycles. The number of pyridine rings is 1. The van der Waals surface area contributed by atoms with E-state index < -0.39 is 0 Å². The number of rotatable bonds is 5. The molecule has 1 aliphatic heterocycles. The molecule has 2 fully saturated rings. The van der Waals surface area contributed by atoms with Crippen LogP contribution < -0.4 is 4.90 Å². The Morgan fingerprint density at radius 1 is 1.15 bits per heavy atom. The Hall–Kier alpha value is -1.66. The van der Waals surface area contributed by atoms with Crippen LogP contribution in [0.2, 0.25) is 0 Å². The summed E-state index contributed by atoms with van der Waals surface area (Å²) in [6, 6.07) is 4.43. The number of likely N-dealkylation sites (N-methyl/N-ethyl adjacent to an activating group) is 1. The molecule has 0 bridgehead atoms. The summed E-state index contributed by atoms with van der Waals surface area (Å²) >= 11 is 0. The standard InChI is InChI=1S/C20H32N4O2/c1-22(14-15-25)19-9-8-17(16-21-19)20(26)24-11-5-10-23(12-13-24)18-6-3-2-4-7-18/h8-9,16,18,25H,2-7,10-15H2,1H3. The van der Waals surface area contributed by atoms with Crippen molar-refractivity contribution in [1.82, 2.24) is 14.8 Å². The van der Waals surface area contributed by atoms with E-state index in [1.807, 2.05) is 29.0 Å². The van der Waals surface area contributed by atoms with E-state index in [1.54, 1.807) is 6.20 Å². The Morgan fingerprint density at radius 2 is 1.96 bits per heavy atom. The molecule has 1 aliphatic carbocycles. The minimum atomic E-state index is 0.0827. The normalized spacial score (nSPS) is 20.0. The van der Waals surface area contributed by atoms with Crippen LogP contribution in [0.15, 0.2) is 18.3 Å². The number of carbonyl (C=O) groups excluding carboxylic acids is 1. The van der Waals surface area contributed by atoms with Crippen LogP contribution in [0.1, 0.15) is 48.9 Å². The molecule has 1 amide bonds. The number of carbonyl (C=O) groups is 1. The predicted molar refractivity (Wildman–Crippen MR) is 104 cm³/mol. The lowest BCUT2D eigenvalue weighted by Gasteiger charge is -2.33. The maximum absolute atomic E-state index is 12.9. The second-order valence-corrected chi connectivity index (χ2v) is 7.52. The molecule has 1 N–H and O–H groups in total. The third-order valence-electron chi connectivity index (χ3n) is 5.73. The monoisotopic (exact) mass is 360 g/mol. The lowest BCUT2D eigenvalue weighted by Crippen LogP contribution is -2.40. The molecule has 1 saturated carbocycles. The van der Waals surface area contributed by atoms with Crippen molar-refractivity contribution in [2.45, 2.75) is 44.6 Å². The molecular formula is C20H32N4O2. The number of aliphatic hydroxyl groups excluding tert-OH is 1. The van der Waals surface area contributed by atoms with E-state index in [-0.39, 0.29) is 12.5 Å². The van der Waals surface area contributed by atoms with Crippen molar-refractivity contribution in [3.05, 3.63) is 23.9 Å². The fraction of sp³-hybridized carbons (Fsp3) is 0.700. The summed E-state index contributed by atoms with van der Waals surface area (Å²) in [6.07, 6.45) is 9.44. The third kappa shape index (κ3) is 4.74. The van der Waals surface area contributed by atoms with Crippen LogP contribution in [0.4, 0.5) is 5.82 Å². The predicted octanol–water partition coefficient (Wildman–Crippen LogP) is 1.99. The quantitative estimate of drug-likeness (QED) is 0.870. The number of aromatic nitrogens is 1. The van der Waals surface area contributed by atoms with Gasteiger partial charge in [-0.3, -0.25) is 9.69 Å². The van der Waals surface area contributed by atoms with E-state index in [1.165, 1.54) is 32.1 Å². The highest BCUT2D eigenvalue weighted by Crippen LogP contribution is 2.24. The highest BCUT2D eigenvalue weighted by molar-refractivity contribution is 5.94. The maximum Gasteiger partial charge on any atom is 0.255 e. The fourth-order valence-corrected chi connectivity index (χ4v) is 4.14. The zero-order valence-electron chi connectivity index (χ0n) is 15.9. The molecule has 26 heavy (non-hydrogen) atoms. The third-order valence-corrected chi connectivity index (χ3v) is 5.73. The second kappa shape index (κ2) is 9.33. The van der Waals surface area contributed by atoms with Crippen molar-refractivity contribution < 1.29 is 9.90 Å². The van der Waals surface area contributed by atoms with E-state index in [0.29, 0.717) is 12.1 Å². The average Bonchev–Trinajstić information content (AvgIpc) is 2.95. The van der Waals surface area contributed by atoms with E-state index in [0.717, 1.165) is 44.5 Å². The Balaban J connectivity index is 1.57. The van der Waals surface area contributed by atoms with Crippen molar-refractivity contribution in [3.8, 4) is 0 Å². The highest BCUT2D eigenvalue weighted by atomic mass is 16.3. The van der Waals surface area contributed by atoms with Gasteiger partial charge in [0.2, 0.25) is 0 Å².